The van der Waals surface area contributed by atoms with Gasteiger partial charge in [0.1, 0.15) is 5.60 Å². The predicted molar refractivity (Wildman–Crippen MR) is 98.9 cm³/mol. The first-order chi connectivity index (χ1) is 11.8. The van der Waals surface area contributed by atoms with Crippen molar-refractivity contribution < 1.29 is 9.53 Å². The van der Waals surface area contributed by atoms with Crippen LogP contribution < -0.4 is 5.32 Å². The number of ether oxygens (including phenoxy) is 1. The lowest BCUT2D eigenvalue weighted by Crippen LogP contribution is -2.43. The van der Waals surface area contributed by atoms with Gasteiger partial charge in [0.25, 0.3) is 0 Å². The van der Waals surface area contributed by atoms with Gasteiger partial charge in [-0.1, -0.05) is 75.8 Å². The summed E-state index contributed by atoms with van der Waals surface area (Å²) in [5, 5.41) is 3.37. The van der Waals surface area contributed by atoms with Crippen LogP contribution in [-0.2, 0) is 15.1 Å². The number of piperidine rings is 1. The van der Waals surface area contributed by atoms with E-state index < -0.39 is 5.60 Å². The van der Waals surface area contributed by atoms with Gasteiger partial charge in [-0.3, -0.25) is 4.79 Å². The Labute approximate surface area is 147 Å². The average molecular weight is 332 g/mol. The van der Waals surface area contributed by atoms with Crippen molar-refractivity contribution >= 4 is 5.97 Å². The topological polar surface area (TPSA) is 38.3 Å². The van der Waals surface area contributed by atoms with E-state index in [9.17, 15) is 4.79 Å². The smallest absolute Gasteiger partial charge is 0.306 e. The van der Waals surface area contributed by atoms with Gasteiger partial charge < -0.3 is 10.1 Å². The molecule has 0 unspecified atom stereocenters. The minimum absolute atomic E-state index is 0.0330. The monoisotopic (exact) mass is 331 g/mol. The van der Waals surface area contributed by atoms with Crippen molar-refractivity contribution in [2.24, 2.45) is 0 Å². The van der Waals surface area contributed by atoms with Crippen LogP contribution in [0.4, 0.5) is 0 Å². The van der Waals surface area contributed by atoms with Crippen LogP contribution in [0.5, 0.6) is 0 Å². The molecule has 2 rings (SSSR count). The molecule has 1 aliphatic heterocycles. The van der Waals surface area contributed by atoms with Crippen molar-refractivity contribution in [1.29, 1.82) is 0 Å². The largest absolute Gasteiger partial charge is 0.454 e. The first-order valence-electron chi connectivity index (χ1n) is 9.75. The molecule has 3 nitrogen and oxygen atoms in total. The maximum absolute atomic E-state index is 12.4. The summed E-state index contributed by atoms with van der Waals surface area (Å²) in [4.78, 5) is 12.4. The van der Waals surface area contributed by atoms with E-state index in [2.05, 4.69) is 24.4 Å². The van der Waals surface area contributed by atoms with Gasteiger partial charge in [0.2, 0.25) is 0 Å². The summed E-state index contributed by atoms with van der Waals surface area (Å²) in [6, 6.07) is 10.3. The van der Waals surface area contributed by atoms with Crippen LogP contribution in [0.3, 0.4) is 0 Å². The van der Waals surface area contributed by atoms with Crippen molar-refractivity contribution in [3.05, 3.63) is 35.9 Å². The summed E-state index contributed by atoms with van der Waals surface area (Å²) in [6.07, 6.45) is 10.8. The molecule has 1 N–H and O–H groups in total. The minimum Gasteiger partial charge on any atom is -0.454 e. The van der Waals surface area contributed by atoms with Crippen molar-refractivity contribution in [1.82, 2.24) is 5.32 Å². The van der Waals surface area contributed by atoms with Crippen LogP contribution in [0.2, 0.25) is 0 Å². The number of rotatable bonds is 10. The van der Waals surface area contributed by atoms with Gasteiger partial charge in [0, 0.05) is 19.3 Å². The standard InChI is InChI=1S/C21H33NO2/c1-2-3-4-5-6-7-11-14-20(23)24-21(15-17-22-18-16-21)19-12-9-8-10-13-19/h8-10,12-13,22H,2-7,11,14-18H2,1H3. The molecule has 1 aromatic carbocycles. The van der Waals surface area contributed by atoms with Crippen molar-refractivity contribution in [2.75, 3.05) is 13.1 Å². The Bertz CT molecular complexity index is 466. The molecule has 0 spiro atoms. The lowest BCUT2D eigenvalue weighted by atomic mass is 9.84. The Balaban J connectivity index is 1.79. The summed E-state index contributed by atoms with van der Waals surface area (Å²) in [5.74, 6) is -0.0330. The van der Waals surface area contributed by atoms with Crippen LogP contribution in [0.15, 0.2) is 30.3 Å². The molecule has 0 saturated carbocycles. The van der Waals surface area contributed by atoms with Crippen molar-refractivity contribution in [3.63, 3.8) is 0 Å². The van der Waals surface area contributed by atoms with Crippen LogP contribution in [0.1, 0.15) is 76.7 Å². The summed E-state index contributed by atoms with van der Waals surface area (Å²) in [5.41, 5.74) is 0.712. The molecular formula is C21H33NO2. The molecule has 0 bridgehead atoms. The first-order valence-corrected chi connectivity index (χ1v) is 9.75. The van der Waals surface area contributed by atoms with E-state index in [1.807, 2.05) is 18.2 Å². The molecule has 0 amide bonds. The number of unbranched alkanes of at least 4 members (excludes halogenated alkanes) is 6. The van der Waals surface area contributed by atoms with Gasteiger partial charge in [0.15, 0.2) is 0 Å². The average Bonchev–Trinajstić information content (AvgIpc) is 2.62. The Morgan fingerprint density at radius 1 is 1.00 bits per heavy atom. The normalized spacial score (nSPS) is 16.7. The maximum atomic E-state index is 12.4. The molecule has 24 heavy (non-hydrogen) atoms. The Morgan fingerprint density at radius 2 is 1.62 bits per heavy atom. The van der Waals surface area contributed by atoms with Gasteiger partial charge in [-0.15, -0.1) is 0 Å². The number of hydrogen-bond donors (Lipinski definition) is 1. The second-order valence-corrected chi connectivity index (χ2v) is 6.96. The van der Waals surface area contributed by atoms with Crippen LogP contribution in [0.25, 0.3) is 0 Å². The number of benzene rings is 1. The number of hydrogen-bond acceptors (Lipinski definition) is 3. The molecule has 0 aliphatic carbocycles. The highest BCUT2D eigenvalue weighted by Gasteiger charge is 2.37. The summed E-state index contributed by atoms with van der Waals surface area (Å²) in [6.45, 7) is 4.04. The fourth-order valence-corrected chi connectivity index (χ4v) is 3.52. The van der Waals surface area contributed by atoms with E-state index in [1.54, 1.807) is 0 Å². The maximum Gasteiger partial charge on any atom is 0.306 e. The Hall–Kier alpha value is -1.35. The second-order valence-electron chi connectivity index (χ2n) is 6.96. The van der Waals surface area contributed by atoms with E-state index in [1.165, 1.54) is 32.1 Å². The first kappa shape index (κ1) is 19.0. The van der Waals surface area contributed by atoms with Crippen molar-refractivity contribution in [3.8, 4) is 0 Å². The molecule has 1 heterocycles. The predicted octanol–water partition coefficient (Wildman–Crippen LogP) is 4.95. The number of carbonyl (C=O) groups excluding carboxylic acids is 1. The number of nitrogens with one attached hydrogen (secondary N) is 1. The molecule has 1 saturated heterocycles. The van der Waals surface area contributed by atoms with Crippen LogP contribution >= 0.6 is 0 Å². The summed E-state index contributed by atoms with van der Waals surface area (Å²) in [7, 11) is 0. The Morgan fingerprint density at radius 3 is 2.29 bits per heavy atom. The third kappa shape index (κ3) is 5.94. The van der Waals surface area contributed by atoms with E-state index in [4.69, 9.17) is 4.74 Å². The van der Waals surface area contributed by atoms with Crippen LogP contribution in [-0.4, -0.2) is 19.1 Å². The molecule has 1 fully saturated rings. The molecule has 1 aromatic rings. The van der Waals surface area contributed by atoms with E-state index in [-0.39, 0.29) is 5.97 Å². The lowest BCUT2D eigenvalue weighted by molar-refractivity contribution is -0.164. The zero-order valence-electron chi connectivity index (χ0n) is 15.2. The van der Waals surface area contributed by atoms with Gasteiger partial charge in [-0.25, -0.2) is 0 Å². The van der Waals surface area contributed by atoms with E-state index >= 15 is 0 Å². The van der Waals surface area contributed by atoms with Gasteiger partial charge in [-0.05, 0) is 25.1 Å². The zero-order valence-corrected chi connectivity index (χ0v) is 15.2. The number of carbonyl (C=O) groups is 1. The summed E-state index contributed by atoms with van der Waals surface area (Å²) < 4.78 is 6.03. The molecule has 0 aromatic heterocycles. The fraction of sp³-hybridized carbons (Fsp3) is 0.667. The molecule has 1 aliphatic rings. The van der Waals surface area contributed by atoms with Crippen LogP contribution in [0, 0.1) is 0 Å². The highest BCUT2D eigenvalue weighted by atomic mass is 16.6. The third-order valence-electron chi connectivity index (χ3n) is 5.00. The van der Waals surface area contributed by atoms with Gasteiger partial charge in [-0.2, -0.15) is 0 Å². The molecule has 134 valence electrons. The third-order valence-corrected chi connectivity index (χ3v) is 5.00. The highest BCUT2D eigenvalue weighted by Crippen LogP contribution is 2.35. The molecule has 0 atom stereocenters. The zero-order chi connectivity index (χ0) is 17.1. The van der Waals surface area contributed by atoms with Crippen molar-refractivity contribution in [2.45, 2.75) is 76.7 Å². The summed E-state index contributed by atoms with van der Waals surface area (Å²) >= 11 is 0. The fourth-order valence-electron chi connectivity index (χ4n) is 3.52. The Kier molecular flexibility index (Phi) is 8.31. The molecule has 0 radical (unpaired) electrons. The molecule has 3 heteroatoms. The highest BCUT2D eigenvalue weighted by molar-refractivity contribution is 5.70. The SMILES string of the molecule is CCCCCCCCCC(=O)OC1(c2ccccc2)CCNCC1. The van der Waals surface area contributed by atoms with E-state index in [0.717, 1.165) is 44.3 Å². The van der Waals surface area contributed by atoms with E-state index in [0.29, 0.717) is 6.42 Å². The van der Waals surface area contributed by atoms with Gasteiger partial charge >= 0.3 is 5.97 Å². The minimum atomic E-state index is -0.426. The number of esters is 1. The van der Waals surface area contributed by atoms with Gasteiger partial charge in [0.05, 0.1) is 0 Å². The molecular weight excluding hydrogens is 298 g/mol. The lowest BCUT2D eigenvalue weighted by Gasteiger charge is -2.37. The second kappa shape index (κ2) is 10.5. The quantitative estimate of drug-likeness (QED) is 0.487.